The Bertz CT molecular complexity index is 1020. The second-order valence-electron chi connectivity index (χ2n) is 8.02. The smallest absolute Gasteiger partial charge is 0.295 e. The number of pyridine rings is 1. The number of hydrogen-bond donors (Lipinski definition) is 1. The number of nitrogens with zero attached hydrogens (tertiary/aromatic N) is 3. The summed E-state index contributed by atoms with van der Waals surface area (Å²) >= 11 is 0. The van der Waals surface area contributed by atoms with Crippen LogP contribution < -0.4 is 9.47 Å². The van der Waals surface area contributed by atoms with Crippen LogP contribution in [0, 0.1) is 0 Å². The highest BCUT2D eigenvalue weighted by atomic mass is 16.5. The first-order valence-corrected chi connectivity index (χ1v) is 11.1. The van der Waals surface area contributed by atoms with E-state index in [1.54, 1.807) is 24.3 Å². The minimum atomic E-state index is -0.752. The zero-order valence-electron chi connectivity index (χ0n) is 19.6. The van der Waals surface area contributed by atoms with E-state index < -0.39 is 17.7 Å². The minimum Gasteiger partial charge on any atom is -0.507 e. The molecule has 0 saturated carbocycles. The van der Waals surface area contributed by atoms with Crippen molar-refractivity contribution in [3.63, 3.8) is 0 Å². The molecule has 176 valence electrons. The molecule has 3 rings (SSSR count). The Hall–Kier alpha value is -3.39. The number of likely N-dealkylation sites (tertiary alicyclic amines) is 1. The Balaban J connectivity index is 2.14. The van der Waals surface area contributed by atoms with Crippen LogP contribution in [0.5, 0.6) is 11.5 Å². The monoisotopic (exact) mass is 453 g/mol. The fraction of sp³-hybridized carbons (Fsp3) is 0.400. The van der Waals surface area contributed by atoms with Crippen molar-refractivity contribution in [2.45, 2.75) is 26.3 Å². The van der Waals surface area contributed by atoms with Gasteiger partial charge in [-0.15, -0.1) is 0 Å². The number of aliphatic hydroxyl groups excluding tert-OH is 1. The molecule has 0 spiro atoms. The van der Waals surface area contributed by atoms with Crippen molar-refractivity contribution < 1.29 is 24.2 Å². The molecule has 1 amide bonds. The first kappa shape index (κ1) is 24.3. The lowest BCUT2D eigenvalue weighted by molar-refractivity contribution is -0.140. The van der Waals surface area contributed by atoms with E-state index in [2.05, 4.69) is 4.98 Å². The van der Waals surface area contributed by atoms with Gasteiger partial charge < -0.3 is 24.4 Å². The van der Waals surface area contributed by atoms with Gasteiger partial charge in [-0.05, 0) is 57.3 Å². The molecular weight excluding hydrogens is 422 g/mol. The molecule has 0 bridgehead atoms. The number of carbonyl (C=O) groups is 2. The number of hydrogen-bond acceptors (Lipinski definition) is 7. The molecule has 1 atom stereocenters. The van der Waals surface area contributed by atoms with Crippen LogP contribution in [0.25, 0.3) is 5.76 Å². The molecule has 1 fully saturated rings. The number of ketones is 1. The topological polar surface area (TPSA) is 92.2 Å². The van der Waals surface area contributed by atoms with Crippen molar-refractivity contribution in [3.05, 3.63) is 59.4 Å². The molecule has 1 unspecified atom stereocenters. The maximum atomic E-state index is 13.1. The van der Waals surface area contributed by atoms with Gasteiger partial charge in [0.2, 0.25) is 0 Å². The van der Waals surface area contributed by atoms with Crippen LogP contribution in [-0.4, -0.2) is 72.0 Å². The average molecular weight is 454 g/mol. The molecular formula is C25H31N3O5. The van der Waals surface area contributed by atoms with Crippen LogP contribution in [0.4, 0.5) is 0 Å². The second kappa shape index (κ2) is 11.0. The number of likely N-dealkylation sites (N-methyl/N-ethyl adjacent to an activating group) is 1. The molecule has 1 N–H and O–H groups in total. The summed E-state index contributed by atoms with van der Waals surface area (Å²) in [5, 5.41) is 11.1. The number of Topliss-reactive ketones (excluding diaryl/α,β-unsaturated/α-hetero) is 1. The zero-order valence-corrected chi connectivity index (χ0v) is 19.6. The summed E-state index contributed by atoms with van der Waals surface area (Å²) in [6, 6.07) is 7.84. The Morgan fingerprint density at radius 1 is 1.09 bits per heavy atom. The third-order valence-electron chi connectivity index (χ3n) is 5.33. The SMILES string of the molecule is CCCOc1ccc(C2/C(=C(\O)c3ccncc3)C(=O)C(=O)N2CCN(C)C)cc1OCC. The summed E-state index contributed by atoms with van der Waals surface area (Å²) in [4.78, 5) is 33.5. The Morgan fingerprint density at radius 3 is 2.45 bits per heavy atom. The van der Waals surface area contributed by atoms with Gasteiger partial charge in [0.15, 0.2) is 11.5 Å². The van der Waals surface area contributed by atoms with E-state index in [1.807, 2.05) is 38.9 Å². The zero-order chi connectivity index (χ0) is 24.0. The van der Waals surface area contributed by atoms with Gasteiger partial charge in [-0.25, -0.2) is 0 Å². The number of aromatic nitrogens is 1. The van der Waals surface area contributed by atoms with Gasteiger partial charge in [0, 0.05) is 31.0 Å². The number of amides is 1. The lowest BCUT2D eigenvalue weighted by Gasteiger charge is -2.27. The maximum absolute atomic E-state index is 13.1. The van der Waals surface area contributed by atoms with E-state index in [0.29, 0.717) is 48.9 Å². The van der Waals surface area contributed by atoms with E-state index in [4.69, 9.17) is 9.47 Å². The lowest BCUT2D eigenvalue weighted by atomic mass is 9.95. The van der Waals surface area contributed by atoms with Gasteiger partial charge in [0.1, 0.15) is 5.76 Å². The molecule has 8 heteroatoms. The fourth-order valence-corrected chi connectivity index (χ4v) is 3.72. The summed E-state index contributed by atoms with van der Waals surface area (Å²) in [6.45, 7) is 5.77. The van der Waals surface area contributed by atoms with E-state index in [0.717, 1.165) is 6.42 Å². The molecule has 1 aromatic carbocycles. The maximum Gasteiger partial charge on any atom is 0.295 e. The van der Waals surface area contributed by atoms with E-state index in [1.165, 1.54) is 17.3 Å². The quantitative estimate of drug-likeness (QED) is 0.335. The summed E-state index contributed by atoms with van der Waals surface area (Å²) in [6.07, 6.45) is 3.91. The van der Waals surface area contributed by atoms with Crippen molar-refractivity contribution in [1.29, 1.82) is 0 Å². The first-order chi connectivity index (χ1) is 15.9. The van der Waals surface area contributed by atoms with E-state index >= 15 is 0 Å². The second-order valence-corrected chi connectivity index (χ2v) is 8.02. The van der Waals surface area contributed by atoms with Crippen molar-refractivity contribution in [3.8, 4) is 11.5 Å². The summed E-state index contributed by atoms with van der Waals surface area (Å²) in [5.74, 6) is -0.441. The first-order valence-electron chi connectivity index (χ1n) is 11.1. The number of aliphatic hydroxyl groups is 1. The van der Waals surface area contributed by atoms with Gasteiger partial charge in [-0.3, -0.25) is 14.6 Å². The van der Waals surface area contributed by atoms with Gasteiger partial charge in [0.05, 0.1) is 24.8 Å². The van der Waals surface area contributed by atoms with Crippen LogP contribution in [-0.2, 0) is 9.59 Å². The highest BCUT2D eigenvalue weighted by Gasteiger charge is 2.46. The number of ether oxygens (including phenoxy) is 2. The molecule has 2 aromatic rings. The van der Waals surface area contributed by atoms with Gasteiger partial charge in [-0.1, -0.05) is 13.0 Å². The number of rotatable bonds is 10. The standard InChI is InChI=1S/C25H31N3O5/c1-5-15-33-19-8-7-18(16-20(19)32-6-2)22-21(23(29)17-9-11-26-12-10-17)24(30)25(31)28(22)14-13-27(3)4/h7-12,16,22,29H,5-6,13-15H2,1-4H3/b23-21+. The van der Waals surface area contributed by atoms with Crippen molar-refractivity contribution in [2.24, 2.45) is 0 Å². The fourth-order valence-electron chi connectivity index (χ4n) is 3.72. The highest BCUT2D eigenvalue weighted by molar-refractivity contribution is 6.46. The lowest BCUT2D eigenvalue weighted by Crippen LogP contribution is -2.35. The molecule has 1 aliphatic heterocycles. The Kier molecular flexibility index (Phi) is 8.06. The summed E-state index contributed by atoms with van der Waals surface area (Å²) < 4.78 is 11.6. The molecule has 1 aromatic heterocycles. The number of benzene rings is 1. The van der Waals surface area contributed by atoms with Gasteiger partial charge in [0.25, 0.3) is 11.7 Å². The van der Waals surface area contributed by atoms with Crippen LogP contribution in [0.15, 0.2) is 48.3 Å². The normalized spacial score (nSPS) is 17.6. The van der Waals surface area contributed by atoms with Crippen LogP contribution >= 0.6 is 0 Å². The third kappa shape index (κ3) is 5.34. The van der Waals surface area contributed by atoms with Crippen molar-refractivity contribution >= 4 is 17.4 Å². The van der Waals surface area contributed by atoms with Crippen LogP contribution in [0.1, 0.15) is 37.4 Å². The summed E-state index contributed by atoms with van der Waals surface area (Å²) in [7, 11) is 3.80. The highest BCUT2D eigenvalue weighted by Crippen LogP contribution is 2.41. The van der Waals surface area contributed by atoms with Crippen LogP contribution in [0.3, 0.4) is 0 Å². The minimum absolute atomic E-state index is 0.0506. The molecule has 1 aliphatic rings. The Morgan fingerprint density at radius 2 is 1.82 bits per heavy atom. The molecule has 8 nitrogen and oxygen atoms in total. The molecule has 2 heterocycles. The predicted molar refractivity (Wildman–Crippen MR) is 125 cm³/mol. The predicted octanol–water partition coefficient (Wildman–Crippen LogP) is 3.25. The number of carbonyl (C=O) groups excluding carboxylic acids is 2. The molecule has 1 saturated heterocycles. The average Bonchev–Trinajstić information content (AvgIpc) is 3.07. The third-order valence-corrected chi connectivity index (χ3v) is 5.33. The molecule has 33 heavy (non-hydrogen) atoms. The summed E-state index contributed by atoms with van der Waals surface area (Å²) in [5.41, 5.74) is 1.14. The van der Waals surface area contributed by atoms with E-state index in [9.17, 15) is 14.7 Å². The Labute approximate surface area is 194 Å². The van der Waals surface area contributed by atoms with Crippen molar-refractivity contribution in [2.75, 3.05) is 40.4 Å². The van der Waals surface area contributed by atoms with Gasteiger partial charge in [-0.2, -0.15) is 0 Å². The van der Waals surface area contributed by atoms with E-state index in [-0.39, 0.29) is 11.3 Å². The molecule has 0 radical (unpaired) electrons. The largest absolute Gasteiger partial charge is 0.507 e. The molecule has 0 aliphatic carbocycles. The van der Waals surface area contributed by atoms with Crippen molar-refractivity contribution in [1.82, 2.24) is 14.8 Å². The van der Waals surface area contributed by atoms with Gasteiger partial charge >= 0.3 is 0 Å². The van der Waals surface area contributed by atoms with Crippen LogP contribution in [0.2, 0.25) is 0 Å².